The van der Waals surface area contributed by atoms with E-state index < -0.39 is 28.5 Å². The molecule has 1 N–H and O–H groups in total. The molecule has 208 valence electrons. The van der Waals surface area contributed by atoms with Gasteiger partial charge in [0.05, 0.1) is 10.6 Å². The van der Waals surface area contributed by atoms with E-state index >= 15 is 0 Å². The van der Waals surface area contributed by atoms with E-state index in [-0.39, 0.29) is 17.3 Å². The molecule has 8 heteroatoms. The number of nitrogens with one attached hydrogen (secondary N) is 1. The van der Waals surface area contributed by atoms with Gasteiger partial charge in [-0.05, 0) is 75.9 Å². The number of sulfonamides is 1. The second kappa shape index (κ2) is 12.9. The van der Waals surface area contributed by atoms with Crippen molar-refractivity contribution in [1.29, 1.82) is 0 Å². The summed E-state index contributed by atoms with van der Waals surface area (Å²) in [5, 5.41) is 2.86. The fourth-order valence-corrected chi connectivity index (χ4v) is 5.81. The molecule has 0 fully saturated rings. The summed E-state index contributed by atoms with van der Waals surface area (Å²) in [6.07, 6.45) is 0.763. The highest BCUT2D eigenvalue weighted by Gasteiger charge is 2.33. The lowest BCUT2D eigenvalue weighted by Crippen LogP contribution is -2.51. The van der Waals surface area contributed by atoms with Crippen LogP contribution < -0.4 is 9.62 Å². The molecule has 0 saturated carbocycles. The molecule has 0 radical (unpaired) electrons. The Morgan fingerprint density at radius 3 is 2.21 bits per heavy atom. The fourth-order valence-electron chi connectivity index (χ4n) is 4.34. The number of hydrogen-bond donors (Lipinski definition) is 1. The number of hydrogen-bond acceptors (Lipinski definition) is 4. The van der Waals surface area contributed by atoms with Crippen molar-refractivity contribution in [1.82, 2.24) is 10.2 Å². The molecule has 39 heavy (non-hydrogen) atoms. The number of carbonyl (C=O) groups excluding carboxylic acids is 2. The van der Waals surface area contributed by atoms with E-state index in [2.05, 4.69) is 5.32 Å². The van der Waals surface area contributed by atoms with Gasteiger partial charge in [0, 0.05) is 13.1 Å². The van der Waals surface area contributed by atoms with Crippen LogP contribution in [0.5, 0.6) is 0 Å². The van der Waals surface area contributed by atoms with Gasteiger partial charge in [0.1, 0.15) is 12.6 Å². The third-order valence-electron chi connectivity index (χ3n) is 6.88. The van der Waals surface area contributed by atoms with E-state index in [0.717, 1.165) is 34.2 Å². The van der Waals surface area contributed by atoms with Gasteiger partial charge in [-0.1, -0.05) is 66.6 Å². The summed E-state index contributed by atoms with van der Waals surface area (Å²) in [6, 6.07) is 18.9. The zero-order valence-corrected chi connectivity index (χ0v) is 24.5. The summed E-state index contributed by atoms with van der Waals surface area (Å²) in [7, 11) is -4.09. The van der Waals surface area contributed by atoms with Crippen molar-refractivity contribution in [2.24, 2.45) is 0 Å². The van der Waals surface area contributed by atoms with Gasteiger partial charge in [-0.15, -0.1) is 0 Å². The second-order valence-corrected chi connectivity index (χ2v) is 11.9. The van der Waals surface area contributed by atoms with E-state index in [4.69, 9.17) is 0 Å². The maximum absolute atomic E-state index is 14.0. The minimum atomic E-state index is -4.09. The zero-order chi connectivity index (χ0) is 28.7. The first kappa shape index (κ1) is 29.9. The summed E-state index contributed by atoms with van der Waals surface area (Å²) in [5.41, 5.74) is 4.93. The Morgan fingerprint density at radius 2 is 1.56 bits per heavy atom. The number of nitrogens with zero attached hydrogens (tertiary/aromatic N) is 2. The lowest BCUT2D eigenvalue weighted by Gasteiger charge is -2.32. The largest absolute Gasteiger partial charge is 0.354 e. The Bertz CT molecular complexity index is 1420. The average molecular weight is 550 g/mol. The molecular weight excluding hydrogens is 510 g/mol. The van der Waals surface area contributed by atoms with Gasteiger partial charge >= 0.3 is 0 Å². The molecule has 0 aliphatic heterocycles. The monoisotopic (exact) mass is 549 g/mol. The molecule has 3 rings (SSSR count). The van der Waals surface area contributed by atoms with Crippen LogP contribution in [0.15, 0.2) is 71.6 Å². The summed E-state index contributed by atoms with van der Waals surface area (Å²) in [6.45, 7) is 11.4. The van der Waals surface area contributed by atoms with Gasteiger partial charge in [0.15, 0.2) is 0 Å². The minimum absolute atomic E-state index is 0.0979. The standard InChI is InChI=1S/C31H39N3O4S/c1-7-18-32-31(36)26(6)33(20-27-12-8-10-23(3)19-27)30(35)21-34(29-13-9-11-24(4)25(29)5)39(37,38)28-16-14-22(2)15-17-28/h8-17,19,26H,7,18,20-21H2,1-6H3,(H,32,36)/t26-/m1/s1. The lowest BCUT2D eigenvalue weighted by molar-refractivity contribution is -0.139. The van der Waals surface area contributed by atoms with Crippen LogP contribution in [-0.4, -0.2) is 44.3 Å². The van der Waals surface area contributed by atoms with E-state index in [1.807, 2.05) is 65.0 Å². The van der Waals surface area contributed by atoms with Crippen LogP contribution in [0.3, 0.4) is 0 Å². The first-order chi connectivity index (χ1) is 18.4. The van der Waals surface area contributed by atoms with Gasteiger partial charge < -0.3 is 10.2 Å². The molecule has 3 aromatic rings. The van der Waals surface area contributed by atoms with Crippen molar-refractivity contribution in [2.45, 2.75) is 65.4 Å². The summed E-state index contributed by atoms with van der Waals surface area (Å²) >= 11 is 0. The lowest BCUT2D eigenvalue weighted by atomic mass is 10.1. The number of carbonyl (C=O) groups is 2. The van der Waals surface area contributed by atoms with Gasteiger partial charge in [-0.25, -0.2) is 8.42 Å². The minimum Gasteiger partial charge on any atom is -0.354 e. The molecule has 3 aromatic carbocycles. The SMILES string of the molecule is CCCNC(=O)[C@@H](C)N(Cc1cccc(C)c1)C(=O)CN(c1cccc(C)c1C)S(=O)(=O)c1ccc(C)cc1. The molecule has 0 aromatic heterocycles. The van der Waals surface area contributed by atoms with Crippen molar-refractivity contribution in [3.8, 4) is 0 Å². The topological polar surface area (TPSA) is 86.8 Å². The third kappa shape index (κ3) is 7.26. The van der Waals surface area contributed by atoms with Gasteiger partial charge in [0.2, 0.25) is 11.8 Å². The van der Waals surface area contributed by atoms with Crippen LogP contribution in [0.2, 0.25) is 0 Å². The van der Waals surface area contributed by atoms with Crippen molar-refractivity contribution in [3.63, 3.8) is 0 Å². The number of amides is 2. The summed E-state index contributed by atoms with van der Waals surface area (Å²) in [5.74, 6) is -0.746. The number of anilines is 1. The van der Waals surface area contributed by atoms with Gasteiger partial charge in [-0.3, -0.25) is 13.9 Å². The highest BCUT2D eigenvalue weighted by atomic mass is 32.2. The van der Waals surface area contributed by atoms with Crippen molar-refractivity contribution < 1.29 is 18.0 Å². The molecule has 0 spiro atoms. The molecule has 0 saturated heterocycles. The van der Waals surface area contributed by atoms with E-state index in [1.165, 1.54) is 9.21 Å². The smallest absolute Gasteiger partial charge is 0.264 e. The maximum atomic E-state index is 14.0. The molecule has 7 nitrogen and oxygen atoms in total. The molecule has 0 unspecified atom stereocenters. The van der Waals surface area contributed by atoms with Crippen LogP contribution >= 0.6 is 0 Å². The van der Waals surface area contributed by atoms with Crippen LogP contribution in [-0.2, 0) is 26.2 Å². The highest BCUT2D eigenvalue weighted by molar-refractivity contribution is 7.92. The molecule has 0 aliphatic carbocycles. The Morgan fingerprint density at radius 1 is 0.897 bits per heavy atom. The molecule has 0 heterocycles. The van der Waals surface area contributed by atoms with E-state index in [9.17, 15) is 18.0 Å². The average Bonchev–Trinajstić information content (AvgIpc) is 2.90. The summed E-state index contributed by atoms with van der Waals surface area (Å²) in [4.78, 5) is 28.5. The highest BCUT2D eigenvalue weighted by Crippen LogP contribution is 2.29. The Balaban J connectivity index is 2.06. The van der Waals surface area contributed by atoms with E-state index in [1.54, 1.807) is 43.3 Å². The summed E-state index contributed by atoms with van der Waals surface area (Å²) < 4.78 is 29.1. The predicted octanol–water partition coefficient (Wildman–Crippen LogP) is 5.06. The van der Waals surface area contributed by atoms with Crippen LogP contribution in [0.25, 0.3) is 0 Å². The maximum Gasteiger partial charge on any atom is 0.264 e. The fraction of sp³-hybridized carbons (Fsp3) is 0.355. The third-order valence-corrected chi connectivity index (χ3v) is 8.66. The number of aryl methyl sites for hydroxylation is 3. The van der Waals surface area contributed by atoms with Gasteiger partial charge in [0.25, 0.3) is 10.0 Å². The van der Waals surface area contributed by atoms with Crippen molar-refractivity contribution in [2.75, 3.05) is 17.4 Å². The zero-order valence-electron chi connectivity index (χ0n) is 23.7. The van der Waals surface area contributed by atoms with Crippen LogP contribution in [0, 0.1) is 27.7 Å². The van der Waals surface area contributed by atoms with Crippen LogP contribution in [0.1, 0.15) is 48.1 Å². The second-order valence-electron chi connectivity index (χ2n) is 10.0. The van der Waals surface area contributed by atoms with Crippen molar-refractivity contribution >= 4 is 27.5 Å². The Kier molecular flexibility index (Phi) is 9.92. The first-order valence-corrected chi connectivity index (χ1v) is 14.7. The van der Waals surface area contributed by atoms with Gasteiger partial charge in [-0.2, -0.15) is 0 Å². The van der Waals surface area contributed by atoms with Crippen LogP contribution in [0.4, 0.5) is 5.69 Å². The molecule has 2 amide bonds. The molecule has 1 atom stereocenters. The number of benzene rings is 3. The quantitative estimate of drug-likeness (QED) is 0.362. The molecule has 0 aliphatic rings. The van der Waals surface area contributed by atoms with E-state index in [0.29, 0.717) is 12.2 Å². The molecule has 0 bridgehead atoms. The predicted molar refractivity (Wildman–Crippen MR) is 156 cm³/mol. The van der Waals surface area contributed by atoms with Crippen molar-refractivity contribution in [3.05, 3.63) is 94.5 Å². The number of rotatable bonds is 11. The normalized spacial score (nSPS) is 12.1. The Hall–Kier alpha value is -3.65. The first-order valence-electron chi connectivity index (χ1n) is 13.2. The Labute approximate surface area is 232 Å². The molecular formula is C31H39N3O4S.